The molecule has 4 rings (SSSR count). The van der Waals surface area contributed by atoms with E-state index >= 15 is 0 Å². The predicted molar refractivity (Wildman–Crippen MR) is 122 cm³/mol. The van der Waals surface area contributed by atoms with Crippen molar-refractivity contribution in [2.45, 2.75) is 58.7 Å². The van der Waals surface area contributed by atoms with E-state index in [1.165, 1.54) is 0 Å². The number of carbonyl (C=O) groups is 1. The van der Waals surface area contributed by atoms with Crippen molar-refractivity contribution in [2.75, 3.05) is 13.1 Å². The van der Waals surface area contributed by atoms with Crippen LogP contribution in [0, 0.1) is 5.92 Å². The molecule has 1 aliphatic heterocycles. The topological polar surface area (TPSA) is 88.7 Å². The SMILES string of the molecule is CC(C)(C)OC(=O)N1CCC(CCc2noc3c(CO)c(-c4ccncc4)ccc23)CC1. The second-order valence-electron chi connectivity index (χ2n) is 9.44. The molecule has 0 saturated carbocycles. The first-order chi connectivity index (χ1) is 15.4. The Kier molecular flexibility index (Phi) is 6.46. The van der Waals surface area contributed by atoms with Gasteiger partial charge in [-0.1, -0.05) is 11.2 Å². The van der Waals surface area contributed by atoms with Gasteiger partial charge in [0.2, 0.25) is 0 Å². The monoisotopic (exact) mass is 437 g/mol. The fourth-order valence-corrected chi connectivity index (χ4v) is 4.32. The van der Waals surface area contributed by atoms with Crippen LogP contribution in [0.5, 0.6) is 0 Å². The minimum absolute atomic E-state index is 0.118. The Morgan fingerprint density at radius 1 is 1.19 bits per heavy atom. The molecule has 7 nitrogen and oxygen atoms in total. The molecule has 0 atom stereocenters. The summed E-state index contributed by atoms with van der Waals surface area (Å²) in [6.07, 6.45) is 6.97. The van der Waals surface area contributed by atoms with Crippen LogP contribution in [0.2, 0.25) is 0 Å². The summed E-state index contributed by atoms with van der Waals surface area (Å²) in [5, 5.41) is 15.3. The number of nitrogens with zero attached hydrogens (tertiary/aromatic N) is 3. The molecule has 32 heavy (non-hydrogen) atoms. The fraction of sp³-hybridized carbons (Fsp3) is 0.480. The molecule has 3 aromatic rings. The number of likely N-dealkylation sites (tertiary alicyclic amines) is 1. The molecule has 0 unspecified atom stereocenters. The van der Waals surface area contributed by atoms with Gasteiger partial charge in [0, 0.05) is 36.4 Å². The number of rotatable bonds is 5. The lowest BCUT2D eigenvalue weighted by molar-refractivity contribution is 0.0181. The molecule has 1 aromatic carbocycles. The van der Waals surface area contributed by atoms with Gasteiger partial charge in [-0.05, 0) is 81.7 Å². The standard InChI is InChI=1S/C25H31N3O4/c1-25(2,3)31-24(30)28-14-10-17(11-15-28)4-7-22-20-6-5-19(18-8-12-26-13-9-18)21(16-29)23(20)32-27-22/h5-6,8-9,12-13,17,29H,4,7,10-11,14-16H2,1-3H3. The first-order valence-corrected chi connectivity index (χ1v) is 11.2. The van der Waals surface area contributed by atoms with E-state index in [4.69, 9.17) is 9.26 Å². The van der Waals surface area contributed by atoms with Crippen LogP contribution in [0.4, 0.5) is 4.79 Å². The van der Waals surface area contributed by atoms with Crippen LogP contribution in [-0.2, 0) is 17.8 Å². The van der Waals surface area contributed by atoms with Gasteiger partial charge in [-0.3, -0.25) is 4.98 Å². The Balaban J connectivity index is 1.40. The van der Waals surface area contributed by atoms with Crippen molar-refractivity contribution in [2.24, 2.45) is 5.92 Å². The fourth-order valence-electron chi connectivity index (χ4n) is 4.32. The number of hydrogen-bond acceptors (Lipinski definition) is 6. The molecule has 1 N–H and O–H groups in total. The number of aromatic nitrogens is 2. The lowest BCUT2D eigenvalue weighted by Gasteiger charge is -2.33. The van der Waals surface area contributed by atoms with Crippen molar-refractivity contribution in [3.8, 4) is 11.1 Å². The summed E-state index contributed by atoms with van der Waals surface area (Å²) in [6, 6.07) is 7.88. The second-order valence-corrected chi connectivity index (χ2v) is 9.44. The van der Waals surface area contributed by atoms with Crippen LogP contribution in [0.1, 0.15) is 51.3 Å². The maximum absolute atomic E-state index is 12.3. The number of hydrogen-bond donors (Lipinski definition) is 1. The average Bonchev–Trinajstić information content (AvgIpc) is 3.20. The zero-order valence-electron chi connectivity index (χ0n) is 19.0. The van der Waals surface area contributed by atoms with Crippen LogP contribution in [0.25, 0.3) is 22.1 Å². The summed E-state index contributed by atoms with van der Waals surface area (Å²) in [5.74, 6) is 0.536. The zero-order chi connectivity index (χ0) is 22.7. The summed E-state index contributed by atoms with van der Waals surface area (Å²) in [7, 11) is 0. The van der Waals surface area contributed by atoms with Crippen molar-refractivity contribution in [3.63, 3.8) is 0 Å². The van der Waals surface area contributed by atoms with Crippen molar-refractivity contribution in [1.29, 1.82) is 0 Å². The third-order valence-electron chi connectivity index (χ3n) is 6.02. The Hall–Kier alpha value is -2.93. The van der Waals surface area contributed by atoms with E-state index in [9.17, 15) is 9.90 Å². The highest BCUT2D eigenvalue weighted by Crippen LogP contribution is 2.33. The zero-order valence-corrected chi connectivity index (χ0v) is 19.0. The number of aryl methyl sites for hydroxylation is 1. The van der Waals surface area contributed by atoms with E-state index in [0.29, 0.717) is 11.5 Å². The number of benzene rings is 1. The summed E-state index contributed by atoms with van der Waals surface area (Å²) < 4.78 is 11.2. The highest BCUT2D eigenvalue weighted by atomic mass is 16.6. The van der Waals surface area contributed by atoms with Gasteiger partial charge in [-0.15, -0.1) is 0 Å². The summed E-state index contributed by atoms with van der Waals surface area (Å²) in [6.45, 7) is 7.01. The molecule has 0 bridgehead atoms. The number of amides is 1. The molecule has 170 valence electrons. The van der Waals surface area contributed by atoms with Crippen molar-refractivity contribution in [1.82, 2.24) is 15.0 Å². The van der Waals surface area contributed by atoms with Gasteiger partial charge in [-0.2, -0.15) is 0 Å². The van der Waals surface area contributed by atoms with Gasteiger partial charge >= 0.3 is 6.09 Å². The highest BCUT2D eigenvalue weighted by Gasteiger charge is 2.27. The lowest BCUT2D eigenvalue weighted by atomic mass is 9.91. The number of fused-ring (bicyclic) bond motifs is 1. The molecular formula is C25H31N3O4. The molecule has 1 aliphatic rings. The smallest absolute Gasteiger partial charge is 0.410 e. The first kappa shape index (κ1) is 22.3. The summed E-state index contributed by atoms with van der Waals surface area (Å²) in [4.78, 5) is 18.1. The van der Waals surface area contributed by atoms with E-state index < -0.39 is 5.60 Å². The molecule has 3 heterocycles. The Labute approximate surface area is 188 Å². The van der Waals surface area contributed by atoms with Crippen LogP contribution < -0.4 is 0 Å². The largest absolute Gasteiger partial charge is 0.444 e. The maximum atomic E-state index is 12.3. The number of aliphatic hydroxyl groups is 1. The summed E-state index contributed by atoms with van der Waals surface area (Å²) in [5.41, 5.74) is 3.77. The molecular weight excluding hydrogens is 406 g/mol. The third kappa shape index (κ3) is 4.93. The highest BCUT2D eigenvalue weighted by molar-refractivity contribution is 5.89. The molecule has 0 aliphatic carbocycles. The van der Waals surface area contributed by atoms with Crippen LogP contribution >= 0.6 is 0 Å². The van der Waals surface area contributed by atoms with E-state index in [2.05, 4.69) is 10.1 Å². The molecule has 0 spiro atoms. The minimum atomic E-state index is -0.466. The number of ether oxygens (including phenoxy) is 1. The number of aliphatic hydroxyl groups excluding tert-OH is 1. The quantitative estimate of drug-likeness (QED) is 0.607. The molecule has 1 fully saturated rings. The van der Waals surface area contributed by atoms with Gasteiger partial charge < -0.3 is 19.3 Å². The molecule has 2 aromatic heterocycles. The Morgan fingerprint density at radius 2 is 1.91 bits per heavy atom. The first-order valence-electron chi connectivity index (χ1n) is 11.2. The Morgan fingerprint density at radius 3 is 2.56 bits per heavy atom. The van der Waals surface area contributed by atoms with Crippen LogP contribution in [0.15, 0.2) is 41.2 Å². The van der Waals surface area contributed by atoms with Crippen LogP contribution in [0.3, 0.4) is 0 Å². The number of pyridine rings is 1. The normalized spacial score (nSPS) is 15.3. The summed E-state index contributed by atoms with van der Waals surface area (Å²) >= 11 is 0. The molecule has 1 saturated heterocycles. The van der Waals surface area contributed by atoms with Crippen molar-refractivity contribution >= 4 is 17.1 Å². The molecule has 1 amide bonds. The van der Waals surface area contributed by atoms with Gasteiger partial charge in [0.15, 0.2) is 5.58 Å². The Bertz CT molecular complexity index is 1060. The lowest BCUT2D eigenvalue weighted by Crippen LogP contribution is -2.41. The van der Waals surface area contributed by atoms with Gasteiger partial charge in [0.25, 0.3) is 0 Å². The molecule has 7 heteroatoms. The van der Waals surface area contributed by atoms with E-state index in [0.717, 1.165) is 66.5 Å². The van der Waals surface area contributed by atoms with E-state index in [-0.39, 0.29) is 12.7 Å². The van der Waals surface area contributed by atoms with E-state index in [1.807, 2.05) is 45.0 Å². The second kappa shape index (κ2) is 9.28. The average molecular weight is 438 g/mol. The molecule has 0 radical (unpaired) electrons. The van der Waals surface area contributed by atoms with Gasteiger partial charge in [-0.25, -0.2) is 4.79 Å². The minimum Gasteiger partial charge on any atom is -0.444 e. The third-order valence-corrected chi connectivity index (χ3v) is 6.02. The predicted octanol–water partition coefficient (Wildman–Crippen LogP) is 4.96. The van der Waals surface area contributed by atoms with Crippen LogP contribution in [-0.4, -0.2) is 44.9 Å². The van der Waals surface area contributed by atoms with E-state index in [1.54, 1.807) is 17.3 Å². The van der Waals surface area contributed by atoms with Gasteiger partial charge in [0.1, 0.15) is 5.60 Å². The van der Waals surface area contributed by atoms with Crippen molar-refractivity contribution in [3.05, 3.63) is 47.9 Å². The number of carbonyl (C=O) groups excluding carboxylic acids is 1. The van der Waals surface area contributed by atoms with Crippen molar-refractivity contribution < 1.29 is 19.2 Å². The number of piperidine rings is 1. The van der Waals surface area contributed by atoms with Gasteiger partial charge in [0.05, 0.1) is 12.3 Å². The maximum Gasteiger partial charge on any atom is 0.410 e.